The summed E-state index contributed by atoms with van der Waals surface area (Å²) in [7, 11) is 2.94. The topological polar surface area (TPSA) is 83.7 Å². The molecule has 0 aliphatic heterocycles. The molecule has 0 aromatic carbocycles. The Bertz CT molecular complexity index is 470. The van der Waals surface area contributed by atoms with Crippen LogP contribution in [0.4, 0.5) is 5.69 Å². The van der Waals surface area contributed by atoms with Crippen LogP contribution in [0.5, 0.6) is 11.8 Å². The molecule has 1 saturated carbocycles. The number of ether oxygens (including phenoxy) is 3. The molecule has 1 heterocycles. The Balaban J connectivity index is 1.91. The zero-order valence-corrected chi connectivity index (χ0v) is 11.8. The molecule has 1 aromatic rings. The Morgan fingerprint density at radius 3 is 2.55 bits per heavy atom. The highest BCUT2D eigenvalue weighted by Gasteiger charge is 2.28. The van der Waals surface area contributed by atoms with E-state index in [1.165, 1.54) is 14.2 Å². The molecule has 2 rings (SSSR count). The predicted octanol–water partition coefficient (Wildman–Crippen LogP) is 1.78. The average molecular weight is 280 g/mol. The Kier molecular flexibility index (Phi) is 4.65. The van der Waals surface area contributed by atoms with Crippen LogP contribution in [0, 0.1) is 5.92 Å². The first-order valence-corrected chi connectivity index (χ1v) is 6.69. The van der Waals surface area contributed by atoms with E-state index in [9.17, 15) is 4.79 Å². The van der Waals surface area contributed by atoms with E-state index in [4.69, 9.17) is 19.9 Å². The fourth-order valence-corrected chi connectivity index (χ4v) is 2.42. The molecular weight excluding hydrogens is 260 g/mol. The van der Waals surface area contributed by atoms with E-state index in [2.05, 4.69) is 4.98 Å². The fourth-order valence-electron chi connectivity index (χ4n) is 2.42. The largest absolute Gasteiger partial charge is 0.479 e. The maximum absolute atomic E-state index is 11.4. The number of nitrogens with two attached hydrogens (primary N) is 1. The lowest BCUT2D eigenvalue weighted by molar-refractivity contribution is -0.147. The van der Waals surface area contributed by atoms with E-state index in [-0.39, 0.29) is 18.0 Å². The van der Waals surface area contributed by atoms with Crippen molar-refractivity contribution >= 4 is 11.7 Å². The van der Waals surface area contributed by atoms with E-state index < -0.39 is 0 Å². The predicted molar refractivity (Wildman–Crippen MR) is 73.6 cm³/mol. The first kappa shape index (κ1) is 14.4. The molecular formula is C14H20N2O4. The van der Waals surface area contributed by atoms with Crippen LogP contribution in [0.15, 0.2) is 12.1 Å². The van der Waals surface area contributed by atoms with E-state index in [1.807, 2.05) is 0 Å². The number of nitrogens with zero attached hydrogens (tertiary/aromatic N) is 1. The standard InChI is InChI=1S/C14H20N2O4/c1-18-13-11(15)7-8-12(16-13)20-10-5-3-9(4-6-10)14(17)19-2/h7-10H,3-6,15H2,1-2H3/t9-,10-. The molecule has 6 heteroatoms. The van der Waals surface area contributed by atoms with E-state index in [0.29, 0.717) is 17.4 Å². The second kappa shape index (κ2) is 6.45. The van der Waals surface area contributed by atoms with E-state index in [0.717, 1.165) is 25.7 Å². The molecule has 1 aromatic heterocycles. The Labute approximate surface area is 118 Å². The molecule has 0 bridgehead atoms. The summed E-state index contributed by atoms with van der Waals surface area (Å²) in [6, 6.07) is 3.44. The lowest BCUT2D eigenvalue weighted by atomic mass is 9.87. The smallest absolute Gasteiger partial charge is 0.308 e. The third-order valence-electron chi connectivity index (χ3n) is 3.55. The number of carbonyl (C=O) groups excluding carboxylic acids is 1. The minimum Gasteiger partial charge on any atom is -0.479 e. The molecule has 0 saturated heterocycles. The highest BCUT2D eigenvalue weighted by molar-refractivity contribution is 5.72. The number of pyridine rings is 1. The van der Waals surface area contributed by atoms with Crippen molar-refractivity contribution in [3.05, 3.63) is 12.1 Å². The summed E-state index contributed by atoms with van der Waals surface area (Å²) in [6.45, 7) is 0. The van der Waals surface area contributed by atoms with Crippen molar-refractivity contribution in [2.24, 2.45) is 5.92 Å². The second-order valence-corrected chi connectivity index (χ2v) is 4.86. The molecule has 1 aliphatic rings. The van der Waals surface area contributed by atoms with Gasteiger partial charge in [-0.3, -0.25) is 4.79 Å². The van der Waals surface area contributed by atoms with Crippen molar-refractivity contribution in [3.63, 3.8) is 0 Å². The number of nitrogen functional groups attached to an aromatic ring is 1. The highest BCUT2D eigenvalue weighted by Crippen LogP contribution is 2.29. The molecule has 6 nitrogen and oxygen atoms in total. The van der Waals surface area contributed by atoms with Crippen LogP contribution < -0.4 is 15.2 Å². The van der Waals surface area contributed by atoms with E-state index in [1.54, 1.807) is 12.1 Å². The molecule has 0 atom stereocenters. The molecule has 0 spiro atoms. The number of carbonyl (C=O) groups is 1. The van der Waals surface area contributed by atoms with Crippen LogP contribution in [-0.2, 0) is 9.53 Å². The van der Waals surface area contributed by atoms with Crippen molar-refractivity contribution in [1.29, 1.82) is 0 Å². The zero-order chi connectivity index (χ0) is 14.5. The first-order valence-electron chi connectivity index (χ1n) is 6.69. The van der Waals surface area contributed by atoms with Gasteiger partial charge in [-0.15, -0.1) is 0 Å². The summed E-state index contributed by atoms with van der Waals surface area (Å²) < 4.78 is 15.6. The maximum Gasteiger partial charge on any atom is 0.308 e. The molecule has 20 heavy (non-hydrogen) atoms. The van der Waals surface area contributed by atoms with Gasteiger partial charge in [0.2, 0.25) is 11.8 Å². The van der Waals surface area contributed by atoms with Crippen LogP contribution in [0.3, 0.4) is 0 Å². The summed E-state index contributed by atoms with van der Waals surface area (Å²) in [5.41, 5.74) is 6.19. The minimum atomic E-state index is -0.129. The molecule has 0 radical (unpaired) electrons. The fraction of sp³-hybridized carbons (Fsp3) is 0.571. The third-order valence-corrected chi connectivity index (χ3v) is 3.55. The molecule has 2 N–H and O–H groups in total. The van der Waals surface area contributed by atoms with Gasteiger partial charge in [-0.1, -0.05) is 0 Å². The van der Waals surface area contributed by atoms with Crippen LogP contribution >= 0.6 is 0 Å². The van der Waals surface area contributed by atoms with Gasteiger partial charge in [-0.25, -0.2) is 0 Å². The molecule has 110 valence electrons. The van der Waals surface area contributed by atoms with Crippen LogP contribution in [0.2, 0.25) is 0 Å². The van der Waals surface area contributed by atoms with Crippen molar-refractivity contribution in [3.8, 4) is 11.8 Å². The highest BCUT2D eigenvalue weighted by atomic mass is 16.5. The molecule has 1 aliphatic carbocycles. The number of esters is 1. The van der Waals surface area contributed by atoms with Gasteiger partial charge in [0.15, 0.2) is 0 Å². The Hall–Kier alpha value is -1.98. The van der Waals surface area contributed by atoms with Crippen molar-refractivity contribution in [1.82, 2.24) is 4.98 Å². The quantitative estimate of drug-likeness (QED) is 0.846. The lowest BCUT2D eigenvalue weighted by Crippen LogP contribution is -2.28. The van der Waals surface area contributed by atoms with Gasteiger partial charge in [0.25, 0.3) is 0 Å². The molecule has 0 unspecified atom stereocenters. The van der Waals surface area contributed by atoms with Gasteiger partial charge in [-0.2, -0.15) is 4.98 Å². The molecule has 0 amide bonds. The van der Waals surface area contributed by atoms with Crippen LogP contribution in [0.25, 0.3) is 0 Å². The number of hydrogen-bond acceptors (Lipinski definition) is 6. The SMILES string of the molecule is COc1nc(O[C@H]2CC[C@H](C(=O)OC)CC2)ccc1N. The zero-order valence-electron chi connectivity index (χ0n) is 11.8. The van der Waals surface area contributed by atoms with Gasteiger partial charge in [0.1, 0.15) is 6.10 Å². The minimum absolute atomic E-state index is 0.00577. The number of anilines is 1. The summed E-state index contributed by atoms with van der Waals surface area (Å²) >= 11 is 0. The van der Waals surface area contributed by atoms with Crippen LogP contribution in [-0.4, -0.2) is 31.3 Å². The second-order valence-electron chi connectivity index (χ2n) is 4.86. The summed E-state index contributed by atoms with van der Waals surface area (Å²) in [6.07, 6.45) is 3.26. The summed E-state index contributed by atoms with van der Waals surface area (Å²) in [5.74, 6) is 0.729. The summed E-state index contributed by atoms with van der Waals surface area (Å²) in [5, 5.41) is 0. The van der Waals surface area contributed by atoms with Crippen molar-refractivity contribution in [2.45, 2.75) is 31.8 Å². The summed E-state index contributed by atoms with van der Waals surface area (Å²) in [4.78, 5) is 15.6. The van der Waals surface area contributed by atoms with Gasteiger partial charge >= 0.3 is 5.97 Å². The number of aromatic nitrogens is 1. The lowest BCUT2D eigenvalue weighted by Gasteiger charge is -2.27. The van der Waals surface area contributed by atoms with Crippen LogP contribution in [0.1, 0.15) is 25.7 Å². The van der Waals surface area contributed by atoms with Gasteiger partial charge in [0.05, 0.1) is 25.8 Å². The average Bonchev–Trinajstić information content (AvgIpc) is 2.49. The Morgan fingerprint density at radius 2 is 1.95 bits per heavy atom. The number of hydrogen-bond donors (Lipinski definition) is 1. The maximum atomic E-state index is 11.4. The van der Waals surface area contributed by atoms with Gasteiger partial charge in [-0.05, 0) is 31.7 Å². The normalized spacial score (nSPS) is 22.1. The van der Waals surface area contributed by atoms with Crippen molar-refractivity contribution < 1.29 is 19.0 Å². The monoisotopic (exact) mass is 280 g/mol. The van der Waals surface area contributed by atoms with Crippen molar-refractivity contribution in [2.75, 3.05) is 20.0 Å². The Morgan fingerprint density at radius 1 is 1.25 bits per heavy atom. The number of methoxy groups -OCH3 is 2. The third kappa shape index (κ3) is 3.31. The first-order chi connectivity index (χ1) is 9.63. The van der Waals surface area contributed by atoms with Gasteiger partial charge < -0.3 is 19.9 Å². The number of rotatable bonds is 4. The van der Waals surface area contributed by atoms with E-state index >= 15 is 0 Å². The van der Waals surface area contributed by atoms with Gasteiger partial charge in [0, 0.05) is 6.07 Å². The molecule has 1 fully saturated rings.